The molecule has 14 heteroatoms. The van der Waals surface area contributed by atoms with Crippen LogP contribution in [0.5, 0.6) is 5.75 Å². The number of benzene rings is 1. The van der Waals surface area contributed by atoms with Crippen molar-refractivity contribution in [1.29, 1.82) is 5.26 Å². The number of carbonyl (C=O) groups excluding carboxylic acids is 3. The van der Waals surface area contributed by atoms with Gasteiger partial charge in [0.1, 0.15) is 17.6 Å². The van der Waals surface area contributed by atoms with Crippen molar-refractivity contribution in [2.75, 3.05) is 71.4 Å². The minimum absolute atomic E-state index is 0.0184. The van der Waals surface area contributed by atoms with Gasteiger partial charge in [0.15, 0.2) is 0 Å². The van der Waals surface area contributed by atoms with Crippen molar-refractivity contribution in [1.82, 2.24) is 30.0 Å². The topological polar surface area (TPSA) is 135 Å². The third-order valence-corrected chi connectivity index (χ3v) is 8.10. The molecular weight excluding hydrogens is 598 g/mol. The number of alkyl halides is 2. The Balaban J connectivity index is 1.09. The van der Waals surface area contributed by atoms with Crippen LogP contribution in [0.1, 0.15) is 33.6 Å². The minimum Gasteiger partial charge on any atom is -0.494 e. The molecule has 46 heavy (non-hydrogen) atoms. The highest BCUT2D eigenvalue weighted by atomic mass is 19.3. The van der Waals surface area contributed by atoms with Gasteiger partial charge in [0.2, 0.25) is 5.91 Å². The summed E-state index contributed by atoms with van der Waals surface area (Å²) in [6, 6.07) is 10.8. The molecule has 0 spiro atoms. The minimum atomic E-state index is -3.13. The maximum atomic E-state index is 13.7. The number of amides is 3. The summed E-state index contributed by atoms with van der Waals surface area (Å²) in [5.41, 5.74) is 1.38. The van der Waals surface area contributed by atoms with Crippen LogP contribution < -0.4 is 15.0 Å². The number of rotatable bonds is 10. The molecule has 0 saturated carbocycles. The van der Waals surface area contributed by atoms with Gasteiger partial charge in [0, 0.05) is 71.0 Å². The fourth-order valence-electron chi connectivity index (χ4n) is 5.57. The number of pyridine rings is 2. The van der Waals surface area contributed by atoms with Gasteiger partial charge in [-0.2, -0.15) is 5.26 Å². The van der Waals surface area contributed by atoms with Crippen LogP contribution in [-0.4, -0.2) is 121 Å². The lowest BCUT2D eigenvalue weighted by atomic mass is 10.1. The standard InChI is InChI=1S/C32H36F2N8O4/c1-39(2)28-7-4-22(19-37-28)31(45)41-13-11-40(12-14-41)10-3-15-46-24-5-6-27-26(16-24)25(8-9-36-27)30(44)38-20-29(43)42-21-32(33,34)17-23(42)18-35/h4-9,16,19,23H,3,10-15,17,20-21H2,1-2H3,(H,38,44)/t23-/m0/s1. The molecule has 2 aliphatic heterocycles. The van der Waals surface area contributed by atoms with E-state index in [0.29, 0.717) is 41.9 Å². The molecule has 0 aliphatic carbocycles. The van der Waals surface area contributed by atoms with Crippen LogP contribution in [-0.2, 0) is 4.79 Å². The number of nitriles is 1. The Morgan fingerprint density at radius 1 is 1.11 bits per heavy atom. The third-order valence-electron chi connectivity index (χ3n) is 8.10. The van der Waals surface area contributed by atoms with E-state index < -0.39 is 43.3 Å². The van der Waals surface area contributed by atoms with Gasteiger partial charge >= 0.3 is 0 Å². The summed E-state index contributed by atoms with van der Waals surface area (Å²) in [5.74, 6) is -3.13. The molecular formula is C32H36F2N8O4. The lowest BCUT2D eigenvalue weighted by Gasteiger charge is -2.34. The lowest BCUT2D eigenvalue weighted by molar-refractivity contribution is -0.131. The fourth-order valence-corrected chi connectivity index (χ4v) is 5.57. The number of nitrogens with one attached hydrogen (secondary N) is 1. The number of carbonyl (C=O) groups is 3. The van der Waals surface area contributed by atoms with E-state index in [0.717, 1.165) is 36.8 Å². The van der Waals surface area contributed by atoms with E-state index in [9.17, 15) is 23.2 Å². The van der Waals surface area contributed by atoms with E-state index in [-0.39, 0.29) is 11.5 Å². The molecule has 12 nitrogen and oxygen atoms in total. The summed E-state index contributed by atoms with van der Waals surface area (Å²) >= 11 is 0. The molecule has 5 rings (SSSR count). The smallest absolute Gasteiger partial charge is 0.268 e. The number of halogens is 2. The van der Waals surface area contributed by atoms with E-state index in [2.05, 4.69) is 20.2 Å². The van der Waals surface area contributed by atoms with E-state index in [4.69, 9.17) is 10.00 Å². The first-order valence-electron chi connectivity index (χ1n) is 15.1. The van der Waals surface area contributed by atoms with Crippen LogP contribution in [0.3, 0.4) is 0 Å². The first-order valence-corrected chi connectivity index (χ1v) is 15.1. The number of hydrogen-bond acceptors (Lipinski definition) is 9. The molecule has 4 heterocycles. The van der Waals surface area contributed by atoms with Crippen LogP contribution in [0.2, 0.25) is 0 Å². The van der Waals surface area contributed by atoms with Crippen molar-refractivity contribution in [2.24, 2.45) is 0 Å². The number of likely N-dealkylation sites (tertiary alicyclic amines) is 1. The summed E-state index contributed by atoms with van der Waals surface area (Å²) in [6.45, 7) is 2.65. The normalized spacial score (nSPS) is 17.8. The van der Waals surface area contributed by atoms with Gasteiger partial charge in [0.05, 0.1) is 42.4 Å². The maximum absolute atomic E-state index is 13.7. The molecule has 2 aliphatic rings. The molecule has 1 N–H and O–H groups in total. The second-order valence-corrected chi connectivity index (χ2v) is 11.6. The molecule has 3 aromatic rings. The number of anilines is 1. The molecule has 242 valence electrons. The molecule has 2 saturated heterocycles. The summed E-state index contributed by atoms with van der Waals surface area (Å²) in [5, 5.41) is 12.1. The Bertz CT molecular complexity index is 1620. The second-order valence-electron chi connectivity index (χ2n) is 11.6. The van der Waals surface area contributed by atoms with Crippen molar-refractivity contribution >= 4 is 34.4 Å². The summed E-state index contributed by atoms with van der Waals surface area (Å²) < 4.78 is 33.4. The van der Waals surface area contributed by atoms with Gasteiger partial charge in [-0.05, 0) is 42.8 Å². The van der Waals surface area contributed by atoms with E-state index >= 15 is 0 Å². The highest BCUT2D eigenvalue weighted by Gasteiger charge is 2.47. The molecule has 1 aromatic carbocycles. The Hall–Kier alpha value is -4.90. The number of ether oxygens (including phenoxy) is 1. The van der Waals surface area contributed by atoms with E-state index in [1.165, 1.54) is 12.3 Å². The summed E-state index contributed by atoms with van der Waals surface area (Å²) in [7, 11) is 3.80. The number of aromatic nitrogens is 2. The van der Waals surface area contributed by atoms with Crippen molar-refractivity contribution < 1.29 is 27.9 Å². The van der Waals surface area contributed by atoms with Gasteiger partial charge < -0.3 is 24.8 Å². The van der Waals surface area contributed by atoms with Crippen molar-refractivity contribution in [3.63, 3.8) is 0 Å². The molecule has 2 aromatic heterocycles. The Morgan fingerprint density at radius 2 is 1.89 bits per heavy atom. The van der Waals surface area contributed by atoms with Crippen molar-refractivity contribution in [3.05, 3.63) is 59.9 Å². The number of hydrogen-bond donors (Lipinski definition) is 1. The SMILES string of the molecule is CN(C)c1ccc(C(=O)N2CCN(CCCOc3ccc4nccc(C(=O)NCC(=O)N5CC(F)(F)C[C@H]5C#N)c4c3)CC2)cn1. The first kappa shape index (κ1) is 32.5. The average Bonchev–Trinajstić information content (AvgIpc) is 3.39. The van der Waals surface area contributed by atoms with Crippen LogP contribution >= 0.6 is 0 Å². The fraction of sp³-hybridized carbons (Fsp3) is 0.438. The zero-order valence-electron chi connectivity index (χ0n) is 25.8. The number of fused-ring (bicyclic) bond motifs is 1. The summed E-state index contributed by atoms with van der Waals surface area (Å²) in [4.78, 5) is 53.9. The molecule has 0 unspecified atom stereocenters. The number of piperazine rings is 1. The van der Waals surface area contributed by atoms with Gasteiger partial charge in [-0.25, -0.2) is 13.8 Å². The third kappa shape index (κ3) is 7.66. The van der Waals surface area contributed by atoms with Gasteiger partial charge in [-0.3, -0.25) is 24.3 Å². The van der Waals surface area contributed by atoms with Gasteiger partial charge in [-0.1, -0.05) is 0 Å². The Labute approximate surface area is 265 Å². The monoisotopic (exact) mass is 634 g/mol. The Kier molecular flexibility index (Phi) is 9.91. The molecule has 1 atom stereocenters. The molecule has 0 bridgehead atoms. The van der Waals surface area contributed by atoms with Crippen LogP contribution in [0.15, 0.2) is 48.8 Å². The maximum Gasteiger partial charge on any atom is 0.268 e. The van der Waals surface area contributed by atoms with Crippen molar-refractivity contribution in [2.45, 2.75) is 24.8 Å². The molecule has 2 fully saturated rings. The van der Waals surface area contributed by atoms with Gasteiger partial charge in [-0.15, -0.1) is 0 Å². The largest absolute Gasteiger partial charge is 0.494 e. The second kappa shape index (κ2) is 14.0. The average molecular weight is 635 g/mol. The predicted molar refractivity (Wildman–Crippen MR) is 166 cm³/mol. The highest BCUT2D eigenvalue weighted by Crippen LogP contribution is 2.31. The number of nitrogens with zero attached hydrogens (tertiary/aromatic N) is 7. The van der Waals surface area contributed by atoms with Crippen LogP contribution in [0, 0.1) is 11.3 Å². The van der Waals surface area contributed by atoms with Crippen LogP contribution in [0.4, 0.5) is 14.6 Å². The lowest BCUT2D eigenvalue weighted by Crippen LogP contribution is -2.49. The zero-order chi connectivity index (χ0) is 32.8. The van der Waals surface area contributed by atoms with Crippen LogP contribution in [0.25, 0.3) is 10.9 Å². The highest BCUT2D eigenvalue weighted by molar-refractivity contribution is 6.07. The quantitative estimate of drug-likeness (QED) is 0.334. The summed E-state index contributed by atoms with van der Waals surface area (Å²) in [6.07, 6.45) is 3.12. The van der Waals surface area contributed by atoms with E-state index in [1.807, 2.05) is 30.0 Å². The van der Waals surface area contributed by atoms with Gasteiger partial charge in [0.25, 0.3) is 17.7 Å². The van der Waals surface area contributed by atoms with Crippen molar-refractivity contribution in [3.8, 4) is 11.8 Å². The zero-order valence-corrected chi connectivity index (χ0v) is 25.8. The predicted octanol–water partition coefficient (Wildman–Crippen LogP) is 2.41. The molecule has 3 amide bonds. The first-order chi connectivity index (χ1) is 22.0. The van der Waals surface area contributed by atoms with E-state index in [1.54, 1.807) is 36.5 Å². The Morgan fingerprint density at radius 3 is 2.59 bits per heavy atom. The molecule has 0 radical (unpaired) electrons.